The summed E-state index contributed by atoms with van der Waals surface area (Å²) < 4.78 is 62.2. The molecule has 3 heterocycles. The van der Waals surface area contributed by atoms with Gasteiger partial charge in [0.2, 0.25) is 11.8 Å². The van der Waals surface area contributed by atoms with Gasteiger partial charge < -0.3 is 67.0 Å². The zero-order valence-corrected chi connectivity index (χ0v) is 37.7. The summed E-state index contributed by atoms with van der Waals surface area (Å²) in [4.78, 5) is 98.9. The van der Waals surface area contributed by atoms with E-state index in [1.807, 2.05) is 0 Å². The Labute approximate surface area is 364 Å². The van der Waals surface area contributed by atoms with Crippen LogP contribution in [0.2, 0.25) is 0 Å². The molecule has 0 bridgehead atoms. The molecule has 3 amide bonds. The molecule has 2 aromatic rings. The predicted molar refractivity (Wildman–Crippen MR) is 219 cm³/mol. The topological polar surface area (TPSA) is 439 Å². The van der Waals surface area contributed by atoms with Crippen molar-refractivity contribution in [2.75, 3.05) is 37.8 Å². The number of aliphatic hydroxyl groups is 2. The number of imidazole rings is 1. The molecule has 1 saturated heterocycles. The van der Waals surface area contributed by atoms with Gasteiger partial charge in [0.1, 0.15) is 36.3 Å². The van der Waals surface area contributed by atoms with Crippen molar-refractivity contribution in [2.24, 2.45) is 11.1 Å². The first kappa shape index (κ1) is 54.1. The van der Waals surface area contributed by atoms with Crippen molar-refractivity contribution in [1.82, 2.24) is 35.5 Å². The number of carbonyl (C=O) groups is 4. The summed E-state index contributed by atoms with van der Waals surface area (Å²) in [6.45, 7) is 2.05. The van der Waals surface area contributed by atoms with E-state index in [0.29, 0.717) is 37.9 Å². The second kappa shape index (κ2) is 23.8. The normalized spacial score (nSPS) is 21.5. The number of nitrogens with zero attached hydrogens (tertiary/aromatic N) is 4. The lowest BCUT2D eigenvalue weighted by molar-refractivity contribution is -0.137. The first-order valence-electron chi connectivity index (χ1n) is 19.0. The molecule has 2 aromatic heterocycles. The number of ether oxygens (including phenoxy) is 1. The number of hydrogen-bond donors (Lipinski definition) is 12. The highest BCUT2D eigenvalue weighted by Gasteiger charge is 2.50. The predicted octanol–water partition coefficient (Wildman–Crippen LogP) is -0.401. The number of hydrogen-bond acceptors (Lipinski definition) is 20. The number of aromatic nitrogens is 4. The third-order valence-electron chi connectivity index (χ3n) is 9.10. The summed E-state index contributed by atoms with van der Waals surface area (Å²) in [6, 6.07) is -0.735. The van der Waals surface area contributed by atoms with E-state index in [0.717, 1.165) is 29.0 Å². The molecule has 0 spiro atoms. The SMILES string of the molecule is CC(N)C(CCCCCC(=O)SCCNC(=O)CCNC(=O)C(O)C(C)(C)COP(=O)(O)OP(=O)(O)OCC1OC(n2cnc3c(N)ncnc32)C(O)C1OP(=O)(O)O)NC(=O)O. The fraction of sp³-hybridized carbons (Fsp3) is 0.710. The molecule has 1 aliphatic heterocycles. The number of amides is 3. The highest BCUT2D eigenvalue weighted by molar-refractivity contribution is 8.13. The van der Waals surface area contributed by atoms with Crippen molar-refractivity contribution < 1.29 is 90.4 Å². The average Bonchev–Trinajstić information content (AvgIpc) is 3.73. The van der Waals surface area contributed by atoms with Crippen molar-refractivity contribution >= 4 is 75.2 Å². The number of rotatable bonds is 27. The minimum absolute atomic E-state index is 0.0210. The van der Waals surface area contributed by atoms with E-state index in [2.05, 4.69) is 39.7 Å². The standard InChI is InChI=1S/C31H54N9O19P3S/c1-17(32)18(39-30(46)47)7-5-4-6-8-21(42)63-12-11-34-20(41)9-10-35-28(45)25(44)31(2,3)14-56-62(53,54)59-61(51,52)55-13-19-24(58-60(48,49)50)23(43)29(57-19)40-16-38-22-26(33)36-15-37-27(22)40/h15-19,23-25,29,39,43-44H,4-14,32H2,1-3H3,(H,34,41)(H,35,45)(H,46,47)(H,51,52)(H,53,54)(H2,33,36,37)(H2,48,49,50). The second-order valence-electron chi connectivity index (χ2n) is 14.8. The summed E-state index contributed by atoms with van der Waals surface area (Å²) in [5, 5.41) is 37.6. The lowest BCUT2D eigenvalue weighted by Gasteiger charge is -2.30. The smallest absolute Gasteiger partial charge is 0.465 e. The number of nitrogens with one attached hydrogen (secondary N) is 3. The molecule has 32 heteroatoms. The Morgan fingerprint density at radius 1 is 1.00 bits per heavy atom. The molecule has 28 nitrogen and oxygen atoms in total. The largest absolute Gasteiger partial charge is 0.481 e. The van der Waals surface area contributed by atoms with Crippen molar-refractivity contribution in [3.05, 3.63) is 12.7 Å². The molecule has 63 heavy (non-hydrogen) atoms. The number of anilines is 1. The number of thioether (sulfide) groups is 1. The summed E-state index contributed by atoms with van der Waals surface area (Å²) in [6.07, 6.45) is -5.35. The van der Waals surface area contributed by atoms with Gasteiger partial charge in [0.05, 0.1) is 19.5 Å². The van der Waals surface area contributed by atoms with Crippen LogP contribution in [0.1, 0.15) is 65.5 Å². The zero-order chi connectivity index (χ0) is 47.3. The van der Waals surface area contributed by atoms with E-state index in [1.54, 1.807) is 6.92 Å². The first-order valence-corrected chi connectivity index (χ1v) is 24.5. The number of phosphoric ester groups is 3. The Hall–Kier alpha value is -3.21. The summed E-state index contributed by atoms with van der Waals surface area (Å²) in [5.74, 6) is -1.23. The lowest BCUT2D eigenvalue weighted by atomic mass is 9.87. The van der Waals surface area contributed by atoms with E-state index < -0.39 is 90.6 Å². The van der Waals surface area contributed by atoms with Crippen LogP contribution in [0.15, 0.2) is 12.7 Å². The first-order chi connectivity index (χ1) is 29.2. The van der Waals surface area contributed by atoms with Gasteiger partial charge in [-0.3, -0.25) is 32.5 Å². The van der Waals surface area contributed by atoms with Crippen LogP contribution in [-0.2, 0) is 50.7 Å². The number of nitrogen functional groups attached to an aromatic ring is 1. The summed E-state index contributed by atoms with van der Waals surface area (Å²) in [5.41, 5.74) is 10.0. The van der Waals surface area contributed by atoms with E-state index >= 15 is 0 Å². The maximum absolute atomic E-state index is 12.7. The minimum atomic E-state index is -5.59. The molecule has 9 atom stereocenters. The third kappa shape index (κ3) is 17.9. The van der Waals surface area contributed by atoms with Gasteiger partial charge in [-0.05, 0) is 19.8 Å². The summed E-state index contributed by atoms with van der Waals surface area (Å²) in [7, 11) is -16.5. The third-order valence-corrected chi connectivity index (χ3v) is 13.1. The lowest BCUT2D eigenvalue weighted by Crippen LogP contribution is -2.46. The van der Waals surface area contributed by atoms with Gasteiger partial charge >= 0.3 is 29.6 Å². The Balaban J connectivity index is 1.39. The summed E-state index contributed by atoms with van der Waals surface area (Å²) >= 11 is 1.04. The van der Waals surface area contributed by atoms with E-state index in [-0.39, 0.29) is 53.7 Å². The zero-order valence-electron chi connectivity index (χ0n) is 34.2. The molecule has 3 rings (SSSR count). The van der Waals surface area contributed by atoms with Gasteiger partial charge in [-0.2, -0.15) is 4.31 Å². The number of nitrogens with two attached hydrogens (primary N) is 2. The fourth-order valence-corrected chi connectivity index (χ4v) is 9.35. The van der Waals surface area contributed by atoms with E-state index in [9.17, 15) is 62.7 Å². The molecule has 0 aliphatic carbocycles. The maximum Gasteiger partial charge on any atom is 0.481 e. The molecule has 0 radical (unpaired) electrons. The van der Waals surface area contributed by atoms with Crippen molar-refractivity contribution in [1.29, 1.82) is 0 Å². The molecule has 9 unspecified atom stereocenters. The molecular weight excluding hydrogens is 927 g/mol. The highest BCUT2D eigenvalue weighted by atomic mass is 32.2. The average molecular weight is 982 g/mol. The highest BCUT2D eigenvalue weighted by Crippen LogP contribution is 2.61. The van der Waals surface area contributed by atoms with Crippen molar-refractivity contribution in [3.8, 4) is 0 Å². The number of carbonyl (C=O) groups excluding carboxylic acids is 3. The van der Waals surface area contributed by atoms with Crippen LogP contribution < -0.4 is 27.4 Å². The van der Waals surface area contributed by atoms with Crippen LogP contribution >= 0.6 is 35.2 Å². The molecule has 14 N–H and O–H groups in total. The molecule has 0 saturated carbocycles. The van der Waals surface area contributed by atoms with Crippen LogP contribution in [0.5, 0.6) is 0 Å². The maximum atomic E-state index is 12.7. The number of aliphatic hydroxyl groups excluding tert-OH is 2. The van der Waals surface area contributed by atoms with Crippen LogP contribution in [0, 0.1) is 5.41 Å². The van der Waals surface area contributed by atoms with Crippen molar-refractivity contribution in [2.45, 2.75) is 102 Å². The van der Waals surface area contributed by atoms with Crippen LogP contribution in [0.4, 0.5) is 10.6 Å². The van der Waals surface area contributed by atoms with Crippen LogP contribution in [0.3, 0.4) is 0 Å². The van der Waals surface area contributed by atoms with Crippen LogP contribution in [-0.4, -0.2) is 146 Å². The van der Waals surface area contributed by atoms with E-state index in [4.69, 9.17) is 30.4 Å². The quantitative estimate of drug-likeness (QED) is 0.0400. The molecule has 358 valence electrons. The Morgan fingerprint density at radius 3 is 2.33 bits per heavy atom. The van der Waals surface area contributed by atoms with Gasteiger partial charge in [-0.15, -0.1) is 0 Å². The van der Waals surface area contributed by atoms with Gasteiger partial charge in [0.15, 0.2) is 22.8 Å². The molecule has 1 fully saturated rings. The number of phosphoric acid groups is 3. The molecule has 1 aliphatic rings. The Kier molecular flexibility index (Phi) is 20.5. The second-order valence-corrected chi connectivity index (χ2v) is 20.2. The number of fused-ring (bicyclic) bond motifs is 1. The minimum Gasteiger partial charge on any atom is -0.465 e. The Bertz CT molecular complexity index is 2030. The van der Waals surface area contributed by atoms with Gasteiger partial charge in [0, 0.05) is 49.2 Å². The van der Waals surface area contributed by atoms with Crippen LogP contribution in [0.25, 0.3) is 11.2 Å². The van der Waals surface area contributed by atoms with E-state index in [1.165, 1.54) is 13.8 Å². The fourth-order valence-electron chi connectivity index (χ4n) is 5.80. The Morgan fingerprint density at radius 2 is 1.68 bits per heavy atom. The number of unbranched alkanes of at least 4 members (excludes halogenated alkanes) is 2. The van der Waals surface area contributed by atoms with Gasteiger partial charge in [-0.1, -0.05) is 38.5 Å². The van der Waals surface area contributed by atoms with Gasteiger partial charge in [0.25, 0.3) is 0 Å². The monoisotopic (exact) mass is 981 g/mol. The van der Waals surface area contributed by atoms with Gasteiger partial charge in [-0.25, -0.2) is 33.4 Å². The number of carboxylic acid groups (broad SMARTS) is 1. The van der Waals surface area contributed by atoms with Crippen molar-refractivity contribution in [3.63, 3.8) is 0 Å². The molecule has 0 aromatic carbocycles. The molecular formula is C31H54N9O19P3S.